The van der Waals surface area contributed by atoms with Crippen molar-refractivity contribution in [2.45, 2.75) is 55.9 Å². The molecule has 0 saturated heterocycles. The summed E-state index contributed by atoms with van der Waals surface area (Å²) in [4.78, 5) is 12.4. The molecule has 6 nitrogen and oxygen atoms in total. The first kappa shape index (κ1) is 19.5. The lowest BCUT2D eigenvalue weighted by molar-refractivity contribution is -0.123. The number of sulfonamides is 1. The average Bonchev–Trinajstić information content (AvgIpc) is 2.55. The van der Waals surface area contributed by atoms with Crippen LogP contribution >= 0.6 is 0 Å². The molecule has 1 atom stereocenters. The van der Waals surface area contributed by atoms with Crippen LogP contribution in [0.4, 0.5) is 5.69 Å². The Hall–Kier alpha value is -1.86. The van der Waals surface area contributed by atoms with Crippen molar-refractivity contribution in [3.8, 4) is 0 Å². The van der Waals surface area contributed by atoms with Crippen molar-refractivity contribution in [3.63, 3.8) is 0 Å². The third-order valence-corrected chi connectivity index (χ3v) is 5.63. The Labute approximate surface area is 149 Å². The zero-order valence-electron chi connectivity index (χ0n) is 14.6. The van der Waals surface area contributed by atoms with Crippen LogP contribution in [0.1, 0.15) is 45.4 Å². The standard InChI is InChI=1S/C18H27N3O3S/c1-18(19)13-9-5-3-2-4-6-10-14-20-15-11-7-8-12-16(15)25(23,24)21-17(18)22/h5,7-9,11-12,20H,2-4,6,10,13-14,19H2,1H3,(H,21,22). The number of carbonyl (C=O) groups is 1. The predicted octanol–water partition coefficient (Wildman–Crippen LogP) is 2.53. The van der Waals surface area contributed by atoms with Crippen LogP contribution < -0.4 is 15.8 Å². The van der Waals surface area contributed by atoms with Gasteiger partial charge >= 0.3 is 0 Å². The zero-order valence-corrected chi connectivity index (χ0v) is 15.4. The van der Waals surface area contributed by atoms with E-state index in [0.717, 1.165) is 32.1 Å². The molecule has 1 aromatic carbocycles. The largest absolute Gasteiger partial charge is 0.384 e. The summed E-state index contributed by atoms with van der Waals surface area (Å²) in [5, 5.41) is 3.16. The van der Waals surface area contributed by atoms with E-state index in [2.05, 4.69) is 10.0 Å². The van der Waals surface area contributed by atoms with Crippen LogP contribution in [0.15, 0.2) is 41.3 Å². The molecule has 1 aromatic rings. The van der Waals surface area contributed by atoms with Crippen LogP contribution in [0.25, 0.3) is 0 Å². The van der Waals surface area contributed by atoms with Crippen LogP contribution in [0.2, 0.25) is 0 Å². The zero-order chi connectivity index (χ0) is 18.3. The number of hydrogen-bond donors (Lipinski definition) is 3. The third-order valence-electron chi connectivity index (χ3n) is 4.24. The van der Waals surface area contributed by atoms with Crippen molar-refractivity contribution in [1.82, 2.24) is 4.72 Å². The Morgan fingerprint density at radius 1 is 1.08 bits per heavy atom. The number of carbonyl (C=O) groups excluding carboxylic acids is 1. The molecule has 1 unspecified atom stereocenters. The van der Waals surface area contributed by atoms with E-state index >= 15 is 0 Å². The number of nitrogens with two attached hydrogens (primary N) is 1. The first-order valence-corrected chi connectivity index (χ1v) is 10.2. The molecule has 7 heteroatoms. The number of rotatable bonds is 0. The number of para-hydroxylation sites is 1. The van der Waals surface area contributed by atoms with Crippen LogP contribution in [0.5, 0.6) is 0 Å². The highest BCUT2D eigenvalue weighted by atomic mass is 32.2. The van der Waals surface area contributed by atoms with Gasteiger partial charge in [-0.3, -0.25) is 4.79 Å². The van der Waals surface area contributed by atoms with Crippen LogP contribution in [-0.2, 0) is 14.8 Å². The van der Waals surface area contributed by atoms with Gasteiger partial charge in [0.1, 0.15) is 4.90 Å². The first-order chi connectivity index (χ1) is 11.8. The van der Waals surface area contributed by atoms with Gasteiger partial charge in [0.2, 0.25) is 0 Å². The lowest BCUT2D eigenvalue weighted by atomic mass is 9.98. The minimum absolute atomic E-state index is 0.0572. The van der Waals surface area contributed by atoms with Crippen LogP contribution in [-0.4, -0.2) is 26.4 Å². The molecule has 138 valence electrons. The van der Waals surface area contributed by atoms with E-state index in [0.29, 0.717) is 12.2 Å². The predicted molar refractivity (Wildman–Crippen MR) is 99.7 cm³/mol. The molecular formula is C18H27N3O3S. The van der Waals surface area contributed by atoms with E-state index < -0.39 is 21.5 Å². The van der Waals surface area contributed by atoms with E-state index in [1.807, 2.05) is 12.2 Å². The lowest BCUT2D eigenvalue weighted by Gasteiger charge is -2.22. The maximum atomic E-state index is 12.6. The Balaban J connectivity index is 2.29. The quantitative estimate of drug-likeness (QED) is 0.613. The molecule has 1 heterocycles. The highest BCUT2D eigenvalue weighted by Gasteiger charge is 2.31. The fourth-order valence-electron chi connectivity index (χ4n) is 2.64. The highest BCUT2D eigenvalue weighted by molar-refractivity contribution is 7.90. The van der Waals surface area contributed by atoms with Gasteiger partial charge in [0.05, 0.1) is 11.2 Å². The van der Waals surface area contributed by atoms with Crippen molar-refractivity contribution in [2.24, 2.45) is 5.73 Å². The molecule has 0 fully saturated rings. The Morgan fingerprint density at radius 3 is 2.60 bits per heavy atom. The second kappa shape index (κ2) is 8.49. The molecule has 25 heavy (non-hydrogen) atoms. The summed E-state index contributed by atoms with van der Waals surface area (Å²) in [6.45, 7) is 2.22. The molecule has 0 aromatic heterocycles. The fourth-order valence-corrected chi connectivity index (χ4v) is 3.92. The number of anilines is 1. The van der Waals surface area contributed by atoms with Crippen LogP contribution in [0.3, 0.4) is 0 Å². The molecule has 1 aliphatic heterocycles. The average molecular weight is 365 g/mol. The lowest BCUT2D eigenvalue weighted by Crippen LogP contribution is -2.52. The summed E-state index contributed by atoms with van der Waals surface area (Å²) in [6, 6.07) is 6.58. The van der Waals surface area contributed by atoms with Crippen molar-refractivity contribution in [2.75, 3.05) is 11.9 Å². The van der Waals surface area contributed by atoms with Crippen LogP contribution in [0, 0.1) is 0 Å². The summed E-state index contributed by atoms with van der Waals surface area (Å²) in [6.07, 6.45) is 9.34. The molecule has 0 radical (unpaired) electrons. The van der Waals surface area contributed by atoms with E-state index in [4.69, 9.17) is 5.73 Å². The molecule has 2 rings (SSSR count). The second-order valence-electron chi connectivity index (χ2n) is 6.65. The summed E-state index contributed by atoms with van der Waals surface area (Å²) in [7, 11) is -3.99. The van der Waals surface area contributed by atoms with Gasteiger partial charge in [-0.2, -0.15) is 0 Å². The van der Waals surface area contributed by atoms with E-state index in [1.54, 1.807) is 18.2 Å². The molecule has 0 saturated carbocycles. The summed E-state index contributed by atoms with van der Waals surface area (Å²) < 4.78 is 27.4. The normalized spacial score (nSPS) is 25.4. The van der Waals surface area contributed by atoms with Gasteiger partial charge in [0.25, 0.3) is 15.9 Å². The van der Waals surface area contributed by atoms with E-state index in [9.17, 15) is 13.2 Å². The second-order valence-corrected chi connectivity index (χ2v) is 8.30. The maximum absolute atomic E-state index is 12.6. The fraction of sp³-hybridized carbons (Fsp3) is 0.500. The van der Waals surface area contributed by atoms with E-state index in [-0.39, 0.29) is 11.3 Å². The summed E-state index contributed by atoms with van der Waals surface area (Å²) in [5.41, 5.74) is 5.23. The topological polar surface area (TPSA) is 101 Å². The van der Waals surface area contributed by atoms with Gasteiger partial charge in [-0.15, -0.1) is 0 Å². The van der Waals surface area contributed by atoms with Gasteiger partial charge in [-0.05, 0) is 44.7 Å². The minimum atomic E-state index is -3.99. The van der Waals surface area contributed by atoms with Crippen molar-refractivity contribution < 1.29 is 13.2 Å². The Kier molecular flexibility index (Phi) is 6.61. The third kappa shape index (κ3) is 5.57. The molecule has 0 spiro atoms. The summed E-state index contributed by atoms with van der Waals surface area (Å²) in [5.74, 6) is -0.709. The molecule has 1 aliphatic rings. The molecule has 0 bridgehead atoms. The van der Waals surface area contributed by atoms with Gasteiger partial charge in [0, 0.05) is 6.54 Å². The van der Waals surface area contributed by atoms with Crippen molar-refractivity contribution >= 4 is 21.6 Å². The summed E-state index contributed by atoms with van der Waals surface area (Å²) >= 11 is 0. The smallest absolute Gasteiger partial charge is 0.266 e. The first-order valence-electron chi connectivity index (χ1n) is 8.67. The maximum Gasteiger partial charge on any atom is 0.266 e. The number of hydrogen-bond acceptors (Lipinski definition) is 5. The monoisotopic (exact) mass is 365 g/mol. The van der Waals surface area contributed by atoms with Gasteiger partial charge in [-0.1, -0.05) is 37.1 Å². The van der Waals surface area contributed by atoms with Crippen molar-refractivity contribution in [1.29, 1.82) is 0 Å². The van der Waals surface area contributed by atoms with Gasteiger partial charge in [0.15, 0.2) is 0 Å². The number of nitrogens with one attached hydrogen (secondary N) is 2. The Bertz CT molecular complexity index is 727. The van der Waals surface area contributed by atoms with Crippen molar-refractivity contribution in [3.05, 3.63) is 36.4 Å². The van der Waals surface area contributed by atoms with Gasteiger partial charge in [-0.25, -0.2) is 13.1 Å². The van der Waals surface area contributed by atoms with Gasteiger partial charge < -0.3 is 11.1 Å². The number of amides is 1. The highest BCUT2D eigenvalue weighted by Crippen LogP contribution is 2.22. The molecule has 1 amide bonds. The molecular weight excluding hydrogens is 338 g/mol. The Morgan fingerprint density at radius 2 is 1.80 bits per heavy atom. The molecule has 4 N–H and O–H groups in total. The van der Waals surface area contributed by atoms with E-state index in [1.165, 1.54) is 13.0 Å². The minimum Gasteiger partial charge on any atom is -0.384 e. The number of benzene rings is 1. The number of fused-ring (bicyclic) bond motifs is 1. The number of allylic oxidation sites excluding steroid dienone is 1. The molecule has 0 aliphatic carbocycles. The SMILES string of the molecule is CC1(N)CC=CCCCCCCNc2ccccc2S(=O)(=O)NC1=O.